The number of nitrogens with zero attached hydrogens (tertiary/aromatic N) is 2. The van der Waals surface area contributed by atoms with Crippen molar-refractivity contribution in [3.8, 4) is 11.5 Å². The summed E-state index contributed by atoms with van der Waals surface area (Å²) in [6.45, 7) is 4.15. The fourth-order valence-electron chi connectivity index (χ4n) is 2.07. The topological polar surface area (TPSA) is 64.9 Å². The Morgan fingerprint density at radius 2 is 1.90 bits per heavy atom. The van der Waals surface area contributed by atoms with Crippen molar-refractivity contribution in [3.63, 3.8) is 0 Å². The Morgan fingerprint density at radius 1 is 1.15 bits per heavy atom. The molecule has 0 saturated carbocycles. The molecule has 0 spiro atoms. The van der Waals surface area contributed by atoms with Gasteiger partial charge in [0.25, 0.3) is 5.89 Å². The van der Waals surface area contributed by atoms with Gasteiger partial charge in [-0.3, -0.25) is 0 Å². The summed E-state index contributed by atoms with van der Waals surface area (Å²) < 4.78 is 5.36. The average Bonchev–Trinajstić information content (AvgIpc) is 3.08. The third kappa shape index (κ3) is 2.10. The van der Waals surface area contributed by atoms with Crippen molar-refractivity contribution in [1.29, 1.82) is 0 Å². The lowest BCUT2D eigenvalue weighted by atomic mass is 9.84. The highest BCUT2D eigenvalue weighted by atomic mass is 32.1. The van der Waals surface area contributed by atoms with Gasteiger partial charge in [0.1, 0.15) is 0 Å². The zero-order valence-electron chi connectivity index (χ0n) is 11.3. The number of nitrogens with two attached hydrogens (primary N) is 1. The van der Waals surface area contributed by atoms with Gasteiger partial charge >= 0.3 is 0 Å². The monoisotopic (exact) mass is 285 g/mol. The molecule has 2 aromatic heterocycles. The molecule has 0 radical (unpaired) electrons. The number of rotatable bonds is 3. The summed E-state index contributed by atoms with van der Waals surface area (Å²) in [5, 5.41) is 6.73. The van der Waals surface area contributed by atoms with Crippen LogP contribution in [0.3, 0.4) is 0 Å². The molecule has 4 nitrogen and oxygen atoms in total. The molecule has 0 aliphatic carbocycles. The van der Waals surface area contributed by atoms with Crippen LogP contribution in [-0.2, 0) is 5.41 Å². The van der Waals surface area contributed by atoms with Gasteiger partial charge in [-0.2, -0.15) is 4.98 Å². The van der Waals surface area contributed by atoms with E-state index < -0.39 is 0 Å². The number of nitrogen functional groups attached to an aromatic ring is 1. The van der Waals surface area contributed by atoms with Crippen LogP contribution < -0.4 is 5.73 Å². The van der Waals surface area contributed by atoms with Gasteiger partial charge in [0.05, 0.1) is 16.0 Å². The van der Waals surface area contributed by atoms with Crippen LogP contribution in [-0.4, -0.2) is 10.1 Å². The predicted octanol–water partition coefficient (Wildman–Crippen LogP) is 3.71. The third-order valence-corrected chi connectivity index (χ3v) is 4.15. The van der Waals surface area contributed by atoms with Crippen LogP contribution in [0.2, 0.25) is 0 Å². The molecule has 0 amide bonds. The third-order valence-electron chi connectivity index (χ3n) is 3.41. The largest absolute Gasteiger partial charge is 0.390 e. The standard InChI is InChI=1S/C15H15N3OS/c1-15(2,10-6-4-3-5-7-10)14-17-13(19-18-14)11-8-9-20-12(11)16/h3-9H,16H2,1-2H3. The normalized spacial score (nSPS) is 11.7. The fraction of sp³-hybridized carbons (Fsp3) is 0.200. The maximum absolute atomic E-state index is 5.89. The van der Waals surface area contributed by atoms with Crippen molar-refractivity contribution in [3.05, 3.63) is 53.2 Å². The highest BCUT2D eigenvalue weighted by Crippen LogP contribution is 2.33. The van der Waals surface area contributed by atoms with E-state index in [9.17, 15) is 0 Å². The molecule has 1 aromatic carbocycles. The molecule has 0 aliphatic rings. The Hall–Kier alpha value is -2.14. The molecule has 0 saturated heterocycles. The summed E-state index contributed by atoms with van der Waals surface area (Å²) in [6, 6.07) is 12.0. The van der Waals surface area contributed by atoms with E-state index in [0.717, 1.165) is 11.1 Å². The maximum Gasteiger partial charge on any atom is 0.260 e. The SMILES string of the molecule is CC(C)(c1ccccc1)c1noc(-c2ccsc2N)n1. The molecule has 0 fully saturated rings. The second kappa shape index (κ2) is 4.76. The van der Waals surface area contributed by atoms with Gasteiger partial charge in [-0.15, -0.1) is 11.3 Å². The molecular formula is C15H15N3OS. The molecule has 3 aromatic rings. The molecular weight excluding hydrogens is 270 g/mol. The minimum Gasteiger partial charge on any atom is -0.390 e. The van der Waals surface area contributed by atoms with Crippen molar-refractivity contribution in [2.24, 2.45) is 0 Å². The van der Waals surface area contributed by atoms with Gasteiger partial charge in [-0.25, -0.2) is 0 Å². The highest BCUT2D eigenvalue weighted by molar-refractivity contribution is 7.14. The number of aromatic nitrogens is 2. The van der Waals surface area contributed by atoms with Gasteiger partial charge in [-0.05, 0) is 30.9 Å². The first-order valence-corrected chi connectivity index (χ1v) is 7.20. The zero-order chi connectivity index (χ0) is 14.2. The van der Waals surface area contributed by atoms with E-state index in [4.69, 9.17) is 10.3 Å². The molecule has 3 rings (SSSR count). The van der Waals surface area contributed by atoms with Crippen molar-refractivity contribution in [1.82, 2.24) is 10.1 Å². The van der Waals surface area contributed by atoms with Crippen molar-refractivity contribution < 1.29 is 4.52 Å². The quantitative estimate of drug-likeness (QED) is 0.796. The molecule has 2 N–H and O–H groups in total. The highest BCUT2D eigenvalue weighted by Gasteiger charge is 2.29. The van der Waals surface area contributed by atoms with E-state index in [2.05, 4.69) is 36.1 Å². The first-order valence-electron chi connectivity index (χ1n) is 6.32. The van der Waals surface area contributed by atoms with E-state index in [1.54, 1.807) is 0 Å². The van der Waals surface area contributed by atoms with E-state index in [0.29, 0.717) is 16.7 Å². The first-order chi connectivity index (χ1) is 9.59. The Bertz CT molecular complexity index is 716. The van der Waals surface area contributed by atoms with Crippen LogP contribution in [0, 0.1) is 0 Å². The van der Waals surface area contributed by atoms with Gasteiger partial charge in [0.15, 0.2) is 5.82 Å². The molecule has 0 unspecified atom stereocenters. The smallest absolute Gasteiger partial charge is 0.260 e. The molecule has 0 bridgehead atoms. The van der Waals surface area contributed by atoms with E-state index >= 15 is 0 Å². The number of thiophene rings is 1. The number of anilines is 1. The van der Waals surface area contributed by atoms with Crippen LogP contribution in [0.25, 0.3) is 11.5 Å². The van der Waals surface area contributed by atoms with Gasteiger partial charge in [-0.1, -0.05) is 35.5 Å². The molecule has 0 aliphatic heterocycles. The zero-order valence-corrected chi connectivity index (χ0v) is 12.1. The van der Waals surface area contributed by atoms with Crippen LogP contribution >= 0.6 is 11.3 Å². The summed E-state index contributed by atoms with van der Waals surface area (Å²) >= 11 is 1.46. The lowest BCUT2D eigenvalue weighted by molar-refractivity contribution is 0.408. The van der Waals surface area contributed by atoms with Gasteiger partial charge in [0, 0.05) is 0 Å². The second-order valence-corrected chi connectivity index (χ2v) is 6.06. The average molecular weight is 285 g/mol. The van der Waals surface area contributed by atoms with Crippen LogP contribution in [0.15, 0.2) is 46.3 Å². The lowest BCUT2D eigenvalue weighted by Crippen LogP contribution is -2.20. The van der Waals surface area contributed by atoms with Crippen LogP contribution in [0.1, 0.15) is 25.2 Å². The number of benzene rings is 1. The Morgan fingerprint density at radius 3 is 2.55 bits per heavy atom. The van der Waals surface area contributed by atoms with Gasteiger partial charge < -0.3 is 10.3 Å². The Balaban J connectivity index is 2.00. The summed E-state index contributed by atoms with van der Waals surface area (Å²) in [7, 11) is 0. The van der Waals surface area contributed by atoms with E-state index in [1.165, 1.54) is 11.3 Å². The Kier molecular flexibility index (Phi) is 3.06. The fourth-order valence-corrected chi connectivity index (χ4v) is 2.70. The lowest BCUT2D eigenvalue weighted by Gasteiger charge is -2.20. The van der Waals surface area contributed by atoms with Gasteiger partial charge in [0.2, 0.25) is 0 Å². The molecule has 5 heteroatoms. The van der Waals surface area contributed by atoms with Crippen molar-refractivity contribution in [2.75, 3.05) is 5.73 Å². The second-order valence-electron chi connectivity index (χ2n) is 5.11. The molecule has 2 heterocycles. The number of hydrogen-bond acceptors (Lipinski definition) is 5. The van der Waals surface area contributed by atoms with E-state index in [1.807, 2.05) is 29.6 Å². The minimum atomic E-state index is -0.312. The van der Waals surface area contributed by atoms with Crippen molar-refractivity contribution in [2.45, 2.75) is 19.3 Å². The molecule has 102 valence electrons. The van der Waals surface area contributed by atoms with Crippen LogP contribution in [0.5, 0.6) is 0 Å². The first kappa shape index (κ1) is 12.9. The summed E-state index contributed by atoms with van der Waals surface area (Å²) in [4.78, 5) is 4.51. The predicted molar refractivity (Wildman–Crippen MR) is 80.6 cm³/mol. The van der Waals surface area contributed by atoms with Crippen molar-refractivity contribution >= 4 is 16.3 Å². The maximum atomic E-state index is 5.89. The van der Waals surface area contributed by atoms with E-state index in [-0.39, 0.29) is 5.41 Å². The van der Waals surface area contributed by atoms with Crippen LogP contribution in [0.4, 0.5) is 5.00 Å². The summed E-state index contributed by atoms with van der Waals surface area (Å²) in [5.74, 6) is 1.13. The summed E-state index contributed by atoms with van der Waals surface area (Å²) in [5.41, 5.74) is 7.53. The summed E-state index contributed by atoms with van der Waals surface area (Å²) in [6.07, 6.45) is 0. The molecule has 0 atom stereocenters. The number of hydrogen-bond donors (Lipinski definition) is 1. The molecule has 20 heavy (non-hydrogen) atoms. The Labute approximate surface area is 121 Å². The minimum absolute atomic E-state index is 0.312.